The minimum absolute atomic E-state index is 0.128. The van der Waals surface area contributed by atoms with E-state index >= 15 is 0 Å². The van der Waals surface area contributed by atoms with Crippen molar-refractivity contribution in [3.8, 4) is 5.75 Å². The number of H-pyrrole nitrogens is 1. The number of aromatic hydroxyl groups is 1. The Morgan fingerprint density at radius 1 is 1.29 bits per heavy atom. The summed E-state index contributed by atoms with van der Waals surface area (Å²) >= 11 is 0. The van der Waals surface area contributed by atoms with Crippen LogP contribution in [-0.2, 0) is 0 Å². The number of phenols is 1. The van der Waals surface area contributed by atoms with Crippen LogP contribution in [0.4, 0.5) is 5.69 Å². The highest BCUT2D eigenvalue weighted by atomic mass is 16.6. The Labute approximate surface area is 135 Å². The fourth-order valence-electron chi connectivity index (χ4n) is 2.24. The summed E-state index contributed by atoms with van der Waals surface area (Å²) in [6, 6.07) is 10.9. The third-order valence-electron chi connectivity index (χ3n) is 3.43. The van der Waals surface area contributed by atoms with Crippen molar-refractivity contribution in [3.63, 3.8) is 0 Å². The molecular weight excluding hydrogens is 312 g/mol. The monoisotopic (exact) mass is 324 g/mol. The molecule has 1 heterocycles. The highest BCUT2D eigenvalue weighted by Gasteiger charge is 2.11. The van der Waals surface area contributed by atoms with Gasteiger partial charge in [0.15, 0.2) is 0 Å². The largest absolute Gasteiger partial charge is 0.507 e. The molecule has 2 aromatic carbocycles. The number of non-ortho nitro benzene ring substituents is 1. The first-order valence-electron chi connectivity index (χ1n) is 6.93. The van der Waals surface area contributed by atoms with Gasteiger partial charge in [-0.1, -0.05) is 18.2 Å². The number of nitrogens with one attached hydrogen (secondary N) is 2. The lowest BCUT2D eigenvalue weighted by molar-refractivity contribution is -0.384. The van der Waals surface area contributed by atoms with E-state index in [0.29, 0.717) is 5.56 Å². The quantitative estimate of drug-likeness (QED) is 0.388. The van der Waals surface area contributed by atoms with Gasteiger partial charge in [0.25, 0.3) is 11.6 Å². The maximum Gasteiger partial charge on any atom is 0.273 e. The number of para-hydroxylation sites is 1. The molecule has 24 heavy (non-hydrogen) atoms. The number of phenolic OH excluding ortho intramolecular Hbond substituents is 1. The van der Waals surface area contributed by atoms with E-state index < -0.39 is 10.8 Å². The predicted molar refractivity (Wildman–Crippen MR) is 88.1 cm³/mol. The summed E-state index contributed by atoms with van der Waals surface area (Å²) in [6.07, 6.45) is 2.72. The third kappa shape index (κ3) is 2.93. The van der Waals surface area contributed by atoms with E-state index in [-0.39, 0.29) is 17.0 Å². The second kappa shape index (κ2) is 6.21. The Morgan fingerprint density at radius 2 is 2.08 bits per heavy atom. The number of rotatable bonds is 4. The molecule has 1 aromatic heterocycles. The van der Waals surface area contributed by atoms with Crippen LogP contribution in [0, 0.1) is 10.1 Å². The summed E-state index contributed by atoms with van der Waals surface area (Å²) in [5.74, 6) is -0.612. The highest BCUT2D eigenvalue weighted by molar-refractivity contribution is 6.06. The van der Waals surface area contributed by atoms with Crippen molar-refractivity contribution < 1.29 is 14.8 Å². The van der Waals surface area contributed by atoms with Crippen molar-refractivity contribution >= 4 is 28.7 Å². The molecule has 8 heteroatoms. The number of hydrazone groups is 1. The van der Waals surface area contributed by atoms with Gasteiger partial charge < -0.3 is 10.1 Å². The van der Waals surface area contributed by atoms with E-state index in [9.17, 15) is 20.0 Å². The van der Waals surface area contributed by atoms with Gasteiger partial charge in [-0.15, -0.1) is 0 Å². The summed E-state index contributed by atoms with van der Waals surface area (Å²) in [6.45, 7) is 0. The number of carbonyl (C=O) groups is 1. The lowest BCUT2D eigenvalue weighted by Crippen LogP contribution is -2.17. The van der Waals surface area contributed by atoms with Crippen molar-refractivity contribution in [2.75, 3.05) is 0 Å². The van der Waals surface area contributed by atoms with Gasteiger partial charge >= 0.3 is 0 Å². The van der Waals surface area contributed by atoms with Crippen LogP contribution in [-0.4, -0.2) is 27.1 Å². The van der Waals surface area contributed by atoms with Crippen LogP contribution in [0.1, 0.15) is 15.9 Å². The number of benzene rings is 2. The van der Waals surface area contributed by atoms with Gasteiger partial charge in [0.05, 0.1) is 16.7 Å². The zero-order chi connectivity index (χ0) is 17.1. The van der Waals surface area contributed by atoms with Crippen molar-refractivity contribution in [1.29, 1.82) is 0 Å². The Kier molecular flexibility index (Phi) is 3.94. The van der Waals surface area contributed by atoms with Crippen molar-refractivity contribution in [3.05, 3.63) is 69.9 Å². The molecule has 3 N–H and O–H groups in total. The molecule has 0 aliphatic rings. The number of nitrogens with zero attached hydrogens (tertiary/aromatic N) is 2. The minimum atomic E-state index is -0.582. The smallest absolute Gasteiger partial charge is 0.273 e. The van der Waals surface area contributed by atoms with Crippen LogP contribution in [0.5, 0.6) is 5.75 Å². The first-order chi connectivity index (χ1) is 11.6. The number of carbonyl (C=O) groups excluding carboxylic acids is 1. The number of hydrogen-bond donors (Lipinski definition) is 3. The topological polar surface area (TPSA) is 121 Å². The van der Waals surface area contributed by atoms with Gasteiger partial charge in [0.2, 0.25) is 0 Å². The fourth-order valence-corrected chi connectivity index (χ4v) is 2.24. The average molecular weight is 324 g/mol. The maximum atomic E-state index is 12.2. The Morgan fingerprint density at radius 3 is 2.88 bits per heavy atom. The van der Waals surface area contributed by atoms with Gasteiger partial charge in [-0.2, -0.15) is 5.10 Å². The van der Waals surface area contributed by atoms with Crippen molar-refractivity contribution in [1.82, 2.24) is 10.4 Å². The molecule has 0 aliphatic carbocycles. The van der Waals surface area contributed by atoms with E-state index in [1.807, 2.05) is 18.2 Å². The van der Waals surface area contributed by atoms with Crippen LogP contribution in [0.2, 0.25) is 0 Å². The fraction of sp³-hybridized carbons (Fsp3) is 0. The molecule has 3 aromatic rings. The Bertz CT molecular complexity index is 962. The normalized spacial score (nSPS) is 11.0. The van der Waals surface area contributed by atoms with E-state index in [4.69, 9.17) is 0 Å². The predicted octanol–water partition coefficient (Wildman–Crippen LogP) is 2.55. The van der Waals surface area contributed by atoms with Crippen molar-refractivity contribution in [2.24, 2.45) is 5.10 Å². The first kappa shape index (κ1) is 15.2. The lowest BCUT2D eigenvalue weighted by Gasteiger charge is -2.00. The number of nitro benzene ring substituents is 1. The lowest BCUT2D eigenvalue weighted by atomic mass is 10.2. The minimum Gasteiger partial charge on any atom is -0.507 e. The number of amides is 1. The molecule has 0 fully saturated rings. The zero-order valence-corrected chi connectivity index (χ0v) is 12.3. The molecule has 120 valence electrons. The molecule has 3 rings (SSSR count). The molecule has 0 bridgehead atoms. The van der Waals surface area contributed by atoms with Gasteiger partial charge in [0.1, 0.15) is 5.75 Å². The maximum absolute atomic E-state index is 12.2. The molecule has 0 atom stereocenters. The highest BCUT2D eigenvalue weighted by Crippen LogP contribution is 2.21. The van der Waals surface area contributed by atoms with Gasteiger partial charge in [0, 0.05) is 34.8 Å². The Hall–Kier alpha value is -3.68. The number of aromatic nitrogens is 1. The van der Waals surface area contributed by atoms with E-state index in [1.165, 1.54) is 12.1 Å². The molecule has 0 saturated carbocycles. The summed E-state index contributed by atoms with van der Waals surface area (Å²) in [5, 5.41) is 24.9. The number of hydrogen-bond acceptors (Lipinski definition) is 5. The number of fused-ring (bicyclic) bond motifs is 1. The van der Waals surface area contributed by atoms with E-state index in [2.05, 4.69) is 15.5 Å². The van der Waals surface area contributed by atoms with Crippen LogP contribution in [0.25, 0.3) is 10.9 Å². The van der Waals surface area contributed by atoms with Crippen LogP contribution in [0.15, 0.2) is 53.8 Å². The summed E-state index contributed by atoms with van der Waals surface area (Å²) in [4.78, 5) is 25.3. The number of nitro groups is 1. The molecule has 0 aliphatic heterocycles. The zero-order valence-electron chi connectivity index (χ0n) is 12.3. The van der Waals surface area contributed by atoms with Crippen LogP contribution >= 0.6 is 0 Å². The molecule has 0 unspecified atom stereocenters. The van der Waals surface area contributed by atoms with Gasteiger partial charge in [-0.05, 0) is 12.1 Å². The van der Waals surface area contributed by atoms with Gasteiger partial charge in [-0.25, -0.2) is 5.43 Å². The van der Waals surface area contributed by atoms with Crippen molar-refractivity contribution in [2.45, 2.75) is 0 Å². The molecule has 0 spiro atoms. The summed E-state index contributed by atoms with van der Waals surface area (Å²) < 4.78 is 0. The third-order valence-corrected chi connectivity index (χ3v) is 3.43. The Balaban J connectivity index is 1.78. The SMILES string of the molecule is O=C(N/N=C/c1cc([N+](=O)[O-])ccc1O)c1c[nH]c2ccccc12. The second-order valence-electron chi connectivity index (χ2n) is 4.95. The number of aromatic amines is 1. The first-order valence-corrected chi connectivity index (χ1v) is 6.93. The molecule has 0 saturated heterocycles. The van der Waals surface area contributed by atoms with Crippen LogP contribution in [0.3, 0.4) is 0 Å². The van der Waals surface area contributed by atoms with Crippen LogP contribution < -0.4 is 5.43 Å². The summed E-state index contributed by atoms with van der Waals surface area (Å²) in [5.41, 5.74) is 3.52. The van der Waals surface area contributed by atoms with Gasteiger partial charge in [-0.3, -0.25) is 14.9 Å². The summed E-state index contributed by atoms with van der Waals surface area (Å²) in [7, 11) is 0. The molecular formula is C16H12N4O4. The average Bonchev–Trinajstić information content (AvgIpc) is 3.00. The molecule has 0 radical (unpaired) electrons. The molecule has 1 amide bonds. The van der Waals surface area contributed by atoms with E-state index in [0.717, 1.165) is 23.2 Å². The standard InChI is InChI=1S/C16H12N4O4/c21-15-6-5-11(20(23)24)7-10(15)8-18-19-16(22)13-9-17-14-4-2-1-3-12(13)14/h1-9,17,21H,(H,19,22)/b18-8+. The van der Waals surface area contributed by atoms with E-state index in [1.54, 1.807) is 12.3 Å². The molecule has 8 nitrogen and oxygen atoms in total. The second-order valence-corrected chi connectivity index (χ2v) is 4.95.